The van der Waals surface area contributed by atoms with E-state index in [0.29, 0.717) is 12.1 Å². The third-order valence-corrected chi connectivity index (χ3v) is 3.01. The van der Waals surface area contributed by atoms with Gasteiger partial charge in [0.25, 0.3) is 0 Å². The molecule has 4 nitrogen and oxygen atoms in total. The molecule has 82 valence electrons. The van der Waals surface area contributed by atoms with E-state index in [1.165, 1.54) is 11.1 Å². The molecule has 0 aliphatic heterocycles. The smallest absolute Gasteiger partial charge is 0.337 e. The van der Waals surface area contributed by atoms with Crippen molar-refractivity contribution in [3.8, 4) is 0 Å². The summed E-state index contributed by atoms with van der Waals surface area (Å²) in [7, 11) is 0. The highest BCUT2D eigenvalue weighted by Crippen LogP contribution is 2.15. The Morgan fingerprint density at radius 1 is 1.62 bits per heavy atom. The summed E-state index contributed by atoms with van der Waals surface area (Å²) in [5, 5.41) is 10.8. The van der Waals surface area contributed by atoms with Gasteiger partial charge < -0.3 is 10.1 Å². The van der Waals surface area contributed by atoms with Gasteiger partial charge in [-0.1, -0.05) is 12.6 Å². The number of hydrogen-bond acceptors (Lipinski definition) is 3. The Balaban J connectivity index is 2.14. The average Bonchev–Trinajstić information content (AvgIpc) is 2.88. The van der Waals surface area contributed by atoms with Gasteiger partial charge >= 0.3 is 5.97 Å². The van der Waals surface area contributed by atoms with E-state index in [2.05, 4.69) is 16.5 Å². The van der Waals surface area contributed by atoms with Crippen LogP contribution in [-0.4, -0.2) is 21.0 Å². The van der Waals surface area contributed by atoms with E-state index in [-0.39, 0.29) is 5.57 Å². The van der Waals surface area contributed by atoms with Crippen LogP contribution in [0.5, 0.6) is 0 Å². The first-order valence-corrected chi connectivity index (χ1v) is 5.53. The summed E-state index contributed by atoms with van der Waals surface area (Å²) in [6, 6.07) is 3.99. The molecule has 0 aliphatic rings. The minimum absolute atomic E-state index is 0.0323. The SMILES string of the molecule is C=C(C(=O)O)c1cnc(Cc2cccs2)[nH]1. The number of nitrogens with one attached hydrogen (secondary N) is 1. The monoisotopic (exact) mass is 234 g/mol. The van der Waals surface area contributed by atoms with Crippen LogP contribution in [0.15, 0.2) is 30.3 Å². The standard InChI is InChI=1S/C11H10N2O2S/c1-7(11(14)15)9-6-12-10(13-9)5-8-3-2-4-16-8/h2-4,6H,1,5H2,(H,12,13)(H,14,15). The van der Waals surface area contributed by atoms with Crippen molar-refractivity contribution in [2.24, 2.45) is 0 Å². The molecule has 2 aromatic rings. The van der Waals surface area contributed by atoms with Gasteiger partial charge in [0.2, 0.25) is 0 Å². The second-order valence-electron chi connectivity index (χ2n) is 3.28. The van der Waals surface area contributed by atoms with Crippen LogP contribution in [0, 0.1) is 0 Å². The van der Waals surface area contributed by atoms with Crippen LogP contribution in [0.1, 0.15) is 16.4 Å². The molecular formula is C11H10N2O2S. The van der Waals surface area contributed by atoms with E-state index in [0.717, 1.165) is 5.82 Å². The molecule has 2 heterocycles. The van der Waals surface area contributed by atoms with Gasteiger partial charge in [0.05, 0.1) is 17.5 Å². The van der Waals surface area contributed by atoms with Crippen molar-refractivity contribution < 1.29 is 9.90 Å². The number of carbonyl (C=O) groups is 1. The first-order valence-electron chi connectivity index (χ1n) is 4.65. The van der Waals surface area contributed by atoms with Gasteiger partial charge in [-0.15, -0.1) is 11.3 Å². The van der Waals surface area contributed by atoms with Crippen LogP contribution in [0.4, 0.5) is 0 Å². The van der Waals surface area contributed by atoms with Crippen molar-refractivity contribution in [3.05, 3.63) is 46.7 Å². The van der Waals surface area contributed by atoms with Crippen LogP contribution >= 0.6 is 11.3 Å². The summed E-state index contributed by atoms with van der Waals surface area (Å²) in [6.45, 7) is 3.47. The van der Waals surface area contributed by atoms with Crippen LogP contribution in [0.2, 0.25) is 0 Å². The molecule has 0 atom stereocenters. The van der Waals surface area contributed by atoms with Crippen molar-refractivity contribution in [2.45, 2.75) is 6.42 Å². The molecule has 0 bridgehead atoms. The largest absolute Gasteiger partial charge is 0.478 e. The molecule has 2 N–H and O–H groups in total. The maximum Gasteiger partial charge on any atom is 0.337 e. The molecule has 0 unspecified atom stereocenters. The lowest BCUT2D eigenvalue weighted by Gasteiger charge is -1.95. The van der Waals surface area contributed by atoms with Crippen LogP contribution in [0.25, 0.3) is 5.57 Å². The quantitative estimate of drug-likeness (QED) is 0.797. The summed E-state index contributed by atoms with van der Waals surface area (Å²) in [6.07, 6.45) is 2.18. The number of rotatable bonds is 4. The van der Waals surface area contributed by atoms with Gasteiger partial charge in [-0.3, -0.25) is 0 Å². The maximum absolute atomic E-state index is 10.7. The number of thiophene rings is 1. The molecule has 0 aliphatic carbocycles. The van der Waals surface area contributed by atoms with Crippen molar-refractivity contribution in [1.82, 2.24) is 9.97 Å². The van der Waals surface area contributed by atoms with E-state index in [9.17, 15) is 4.79 Å². The Hall–Kier alpha value is -1.88. The molecular weight excluding hydrogens is 224 g/mol. The molecule has 0 saturated heterocycles. The predicted molar refractivity (Wildman–Crippen MR) is 62.4 cm³/mol. The first-order chi connectivity index (χ1) is 7.66. The lowest BCUT2D eigenvalue weighted by atomic mass is 10.2. The predicted octanol–water partition coefficient (Wildman–Crippen LogP) is 2.16. The minimum atomic E-state index is -1.04. The maximum atomic E-state index is 10.7. The van der Waals surface area contributed by atoms with E-state index < -0.39 is 5.97 Å². The lowest BCUT2D eigenvalue weighted by Crippen LogP contribution is -1.98. The van der Waals surface area contributed by atoms with Crippen LogP contribution in [0.3, 0.4) is 0 Å². The lowest BCUT2D eigenvalue weighted by molar-refractivity contribution is -0.130. The van der Waals surface area contributed by atoms with Gasteiger partial charge in [-0.2, -0.15) is 0 Å². The number of imidazole rings is 1. The Bertz CT molecular complexity index is 514. The van der Waals surface area contributed by atoms with E-state index in [1.807, 2.05) is 17.5 Å². The Morgan fingerprint density at radius 2 is 2.44 bits per heavy atom. The van der Waals surface area contributed by atoms with Crippen LogP contribution in [-0.2, 0) is 11.2 Å². The number of aromatic amines is 1. The molecule has 0 spiro atoms. The molecule has 0 radical (unpaired) electrons. The zero-order chi connectivity index (χ0) is 11.5. The highest BCUT2D eigenvalue weighted by molar-refractivity contribution is 7.09. The third kappa shape index (κ3) is 2.20. The molecule has 16 heavy (non-hydrogen) atoms. The second-order valence-corrected chi connectivity index (χ2v) is 4.32. The molecule has 0 saturated carbocycles. The van der Waals surface area contributed by atoms with Gasteiger partial charge in [0.1, 0.15) is 5.82 Å². The van der Waals surface area contributed by atoms with Gasteiger partial charge in [-0.25, -0.2) is 9.78 Å². The zero-order valence-electron chi connectivity index (χ0n) is 8.43. The first kappa shape index (κ1) is 10.6. The Labute approximate surface area is 96.3 Å². The van der Waals surface area contributed by atoms with Gasteiger partial charge in [-0.05, 0) is 11.4 Å². The molecule has 0 aromatic carbocycles. The number of nitrogens with zero attached hydrogens (tertiary/aromatic N) is 1. The molecule has 2 aromatic heterocycles. The number of aliphatic carboxylic acids is 1. The topological polar surface area (TPSA) is 66.0 Å². The van der Waals surface area contributed by atoms with Crippen LogP contribution < -0.4 is 0 Å². The van der Waals surface area contributed by atoms with E-state index in [4.69, 9.17) is 5.11 Å². The van der Waals surface area contributed by atoms with E-state index in [1.54, 1.807) is 11.3 Å². The van der Waals surface area contributed by atoms with Crippen molar-refractivity contribution in [3.63, 3.8) is 0 Å². The normalized spacial score (nSPS) is 10.2. The van der Waals surface area contributed by atoms with Crippen molar-refractivity contribution in [2.75, 3.05) is 0 Å². The van der Waals surface area contributed by atoms with Crippen molar-refractivity contribution in [1.29, 1.82) is 0 Å². The van der Waals surface area contributed by atoms with Gasteiger partial charge in [0, 0.05) is 11.3 Å². The fourth-order valence-corrected chi connectivity index (χ4v) is 2.01. The fraction of sp³-hybridized carbons (Fsp3) is 0.0909. The Morgan fingerprint density at radius 3 is 3.06 bits per heavy atom. The van der Waals surface area contributed by atoms with Gasteiger partial charge in [0.15, 0.2) is 0 Å². The summed E-state index contributed by atoms with van der Waals surface area (Å²) < 4.78 is 0. The summed E-state index contributed by atoms with van der Waals surface area (Å²) in [5.74, 6) is -0.286. The number of carboxylic acid groups (broad SMARTS) is 1. The van der Waals surface area contributed by atoms with Crippen molar-refractivity contribution >= 4 is 22.9 Å². The summed E-state index contributed by atoms with van der Waals surface area (Å²) in [4.78, 5) is 18.9. The summed E-state index contributed by atoms with van der Waals surface area (Å²) >= 11 is 1.64. The number of carboxylic acids is 1. The third-order valence-electron chi connectivity index (χ3n) is 2.13. The molecule has 5 heteroatoms. The Kier molecular flexibility index (Phi) is 2.87. The zero-order valence-corrected chi connectivity index (χ0v) is 9.25. The molecule has 2 rings (SSSR count). The fourth-order valence-electron chi connectivity index (χ4n) is 1.30. The molecule has 0 fully saturated rings. The second kappa shape index (κ2) is 4.32. The number of hydrogen-bond donors (Lipinski definition) is 2. The number of aromatic nitrogens is 2. The average molecular weight is 234 g/mol. The summed E-state index contributed by atoms with van der Waals surface area (Å²) in [5.41, 5.74) is 0.490. The molecule has 0 amide bonds. The number of H-pyrrole nitrogens is 1. The van der Waals surface area contributed by atoms with E-state index >= 15 is 0 Å². The highest BCUT2D eigenvalue weighted by atomic mass is 32.1. The minimum Gasteiger partial charge on any atom is -0.478 e. The highest BCUT2D eigenvalue weighted by Gasteiger charge is 2.10.